The van der Waals surface area contributed by atoms with Crippen molar-refractivity contribution in [2.45, 2.75) is 25.7 Å². The number of aromatic amines is 1. The third kappa shape index (κ3) is 5.27. The van der Waals surface area contributed by atoms with Crippen molar-refractivity contribution in [3.8, 4) is 0 Å². The van der Waals surface area contributed by atoms with Crippen molar-refractivity contribution in [1.29, 1.82) is 0 Å². The van der Waals surface area contributed by atoms with Crippen LogP contribution < -0.4 is 4.31 Å². The molecule has 0 bridgehead atoms. The predicted molar refractivity (Wildman–Crippen MR) is 129 cm³/mol. The van der Waals surface area contributed by atoms with Crippen LogP contribution in [0.15, 0.2) is 59.5 Å². The largest absolute Gasteiger partial charge is 0.465 e. The first-order chi connectivity index (χ1) is 16.6. The number of rotatable bonds is 9. The number of nitrogens with one attached hydrogen (secondary N) is 1. The second-order valence-electron chi connectivity index (χ2n) is 7.65. The second kappa shape index (κ2) is 10.6. The summed E-state index contributed by atoms with van der Waals surface area (Å²) in [6.45, 7) is 4.63. The molecule has 1 heterocycles. The molecule has 2 aromatic carbocycles. The summed E-state index contributed by atoms with van der Waals surface area (Å²) in [6, 6.07) is 14.0. The van der Waals surface area contributed by atoms with Gasteiger partial charge in [0.2, 0.25) is 5.78 Å². The van der Waals surface area contributed by atoms with Crippen LogP contribution in [-0.2, 0) is 19.5 Å². The summed E-state index contributed by atoms with van der Waals surface area (Å²) in [5, 5.41) is 0. The summed E-state index contributed by atoms with van der Waals surface area (Å²) in [7, 11) is -2.59. The molecule has 184 valence electrons. The maximum atomic E-state index is 13.1. The fourth-order valence-electron chi connectivity index (χ4n) is 3.70. The molecule has 0 fully saturated rings. The molecular formula is C25H26N2O7S. The first kappa shape index (κ1) is 25.7. The number of ether oxygens (including phenoxy) is 2. The van der Waals surface area contributed by atoms with Gasteiger partial charge in [-0.15, -0.1) is 0 Å². The van der Waals surface area contributed by atoms with E-state index in [1.165, 1.54) is 35.7 Å². The highest BCUT2D eigenvalue weighted by atomic mass is 32.2. The Morgan fingerprint density at radius 2 is 1.57 bits per heavy atom. The zero-order valence-electron chi connectivity index (χ0n) is 19.8. The van der Waals surface area contributed by atoms with Gasteiger partial charge in [0.1, 0.15) is 0 Å². The predicted octanol–water partition coefficient (Wildman–Crippen LogP) is 3.67. The Balaban J connectivity index is 1.71. The molecule has 1 aromatic heterocycles. The molecule has 0 unspecified atom stereocenters. The molecule has 1 N–H and O–H groups in total. The SMILES string of the molecule is CCN(c1ccccc1)S(=O)(=O)c1ccc(C(=O)OCC(=O)c2[nH]c(C)c(C(=O)OC)c2C)cc1. The number of anilines is 1. The molecule has 10 heteroatoms. The third-order valence-electron chi connectivity index (χ3n) is 5.45. The van der Waals surface area contributed by atoms with E-state index in [9.17, 15) is 22.8 Å². The summed E-state index contributed by atoms with van der Waals surface area (Å²) >= 11 is 0. The normalized spacial score (nSPS) is 11.1. The number of carbonyl (C=O) groups excluding carboxylic acids is 3. The van der Waals surface area contributed by atoms with Crippen LogP contribution >= 0.6 is 0 Å². The number of nitrogens with zero attached hydrogens (tertiary/aromatic N) is 1. The van der Waals surface area contributed by atoms with Crippen molar-refractivity contribution in [1.82, 2.24) is 4.98 Å². The van der Waals surface area contributed by atoms with E-state index in [0.717, 1.165) is 0 Å². The van der Waals surface area contributed by atoms with Gasteiger partial charge in [-0.05, 0) is 62.7 Å². The lowest BCUT2D eigenvalue weighted by Gasteiger charge is -2.22. The molecule has 0 saturated carbocycles. The summed E-state index contributed by atoms with van der Waals surface area (Å²) < 4.78 is 37.3. The number of sulfonamides is 1. The highest BCUT2D eigenvalue weighted by Crippen LogP contribution is 2.24. The summed E-state index contributed by atoms with van der Waals surface area (Å²) in [4.78, 5) is 39.8. The molecule has 0 aliphatic rings. The van der Waals surface area contributed by atoms with Crippen LogP contribution in [0.25, 0.3) is 0 Å². The molecular weight excluding hydrogens is 472 g/mol. The zero-order valence-corrected chi connectivity index (χ0v) is 20.6. The zero-order chi connectivity index (χ0) is 25.8. The number of esters is 2. The molecule has 3 aromatic rings. The molecule has 0 amide bonds. The van der Waals surface area contributed by atoms with Crippen molar-refractivity contribution in [3.63, 3.8) is 0 Å². The van der Waals surface area contributed by atoms with E-state index in [1.54, 1.807) is 51.1 Å². The van der Waals surface area contributed by atoms with Crippen LogP contribution in [0.5, 0.6) is 0 Å². The first-order valence-electron chi connectivity index (χ1n) is 10.8. The molecule has 0 aliphatic heterocycles. The molecule has 0 atom stereocenters. The van der Waals surface area contributed by atoms with E-state index in [-0.39, 0.29) is 28.3 Å². The number of hydrogen-bond acceptors (Lipinski definition) is 7. The van der Waals surface area contributed by atoms with E-state index in [1.807, 2.05) is 0 Å². The number of aryl methyl sites for hydroxylation is 1. The number of hydrogen-bond donors (Lipinski definition) is 1. The Hall–Kier alpha value is -3.92. The maximum absolute atomic E-state index is 13.1. The minimum Gasteiger partial charge on any atom is -0.465 e. The van der Waals surface area contributed by atoms with E-state index in [2.05, 4.69) is 4.98 Å². The van der Waals surface area contributed by atoms with E-state index >= 15 is 0 Å². The van der Waals surface area contributed by atoms with Crippen molar-refractivity contribution in [3.05, 3.63) is 82.7 Å². The Morgan fingerprint density at radius 3 is 2.14 bits per heavy atom. The van der Waals surface area contributed by atoms with Crippen molar-refractivity contribution >= 4 is 33.4 Å². The van der Waals surface area contributed by atoms with Crippen LogP contribution in [0.3, 0.4) is 0 Å². The number of Topliss-reactive ketones (excluding diaryl/α,β-unsaturated/α-hetero) is 1. The van der Waals surface area contributed by atoms with Crippen molar-refractivity contribution in [2.75, 3.05) is 24.6 Å². The molecule has 35 heavy (non-hydrogen) atoms. The fourth-order valence-corrected chi connectivity index (χ4v) is 5.17. The van der Waals surface area contributed by atoms with Gasteiger partial charge in [0.25, 0.3) is 10.0 Å². The molecule has 0 radical (unpaired) electrons. The second-order valence-corrected chi connectivity index (χ2v) is 9.51. The Labute approximate surface area is 203 Å². The lowest BCUT2D eigenvalue weighted by molar-refractivity contribution is 0.0473. The lowest BCUT2D eigenvalue weighted by Crippen LogP contribution is -2.30. The Kier molecular flexibility index (Phi) is 7.75. The molecule has 9 nitrogen and oxygen atoms in total. The van der Waals surface area contributed by atoms with Gasteiger partial charge < -0.3 is 14.5 Å². The highest BCUT2D eigenvalue weighted by molar-refractivity contribution is 7.92. The average molecular weight is 499 g/mol. The van der Waals surface area contributed by atoms with Gasteiger partial charge in [-0.3, -0.25) is 9.10 Å². The fraction of sp³-hybridized carbons (Fsp3) is 0.240. The Bertz CT molecular complexity index is 1340. The van der Waals surface area contributed by atoms with Gasteiger partial charge in [0.05, 0.1) is 34.5 Å². The number of methoxy groups -OCH3 is 1. The van der Waals surface area contributed by atoms with Crippen LogP contribution in [-0.4, -0.2) is 51.4 Å². The van der Waals surface area contributed by atoms with Gasteiger partial charge in [0.15, 0.2) is 6.61 Å². The van der Waals surface area contributed by atoms with E-state index in [0.29, 0.717) is 16.9 Å². The summed E-state index contributed by atoms with van der Waals surface area (Å²) in [6.07, 6.45) is 0. The minimum atomic E-state index is -3.84. The summed E-state index contributed by atoms with van der Waals surface area (Å²) in [5.41, 5.74) is 1.91. The quantitative estimate of drug-likeness (QED) is 0.353. The number of para-hydroxylation sites is 1. The van der Waals surface area contributed by atoms with Gasteiger partial charge >= 0.3 is 11.9 Å². The molecule has 0 spiro atoms. The molecule has 3 rings (SSSR count). The number of ketones is 1. The van der Waals surface area contributed by atoms with Gasteiger partial charge in [-0.1, -0.05) is 18.2 Å². The monoisotopic (exact) mass is 498 g/mol. The van der Waals surface area contributed by atoms with Crippen LogP contribution in [0.4, 0.5) is 5.69 Å². The maximum Gasteiger partial charge on any atom is 0.339 e. The van der Waals surface area contributed by atoms with Crippen molar-refractivity contribution < 1.29 is 32.3 Å². The standard InChI is InChI=1S/C25H26N2O7S/c1-5-27(19-9-7-6-8-10-19)35(31,32)20-13-11-18(12-14-20)24(29)34-15-21(28)23-16(2)22(17(3)26-23)25(30)33-4/h6-14,26H,5,15H2,1-4H3. The number of benzene rings is 2. The first-order valence-corrected chi connectivity index (χ1v) is 12.2. The van der Waals surface area contributed by atoms with Crippen LogP contribution in [0.2, 0.25) is 0 Å². The van der Waals surface area contributed by atoms with Crippen molar-refractivity contribution in [2.24, 2.45) is 0 Å². The summed E-state index contributed by atoms with van der Waals surface area (Å²) in [5.74, 6) is -1.88. The minimum absolute atomic E-state index is 0.0173. The smallest absolute Gasteiger partial charge is 0.339 e. The Morgan fingerprint density at radius 1 is 0.943 bits per heavy atom. The van der Waals surface area contributed by atoms with E-state index < -0.39 is 34.4 Å². The number of carbonyl (C=O) groups is 3. The van der Waals surface area contributed by atoms with Gasteiger partial charge in [-0.2, -0.15) is 0 Å². The van der Waals surface area contributed by atoms with Crippen LogP contribution in [0.1, 0.15) is 49.4 Å². The third-order valence-corrected chi connectivity index (χ3v) is 7.37. The number of aromatic nitrogens is 1. The van der Waals surface area contributed by atoms with E-state index in [4.69, 9.17) is 9.47 Å². The lowest BCUT2D eigenvalue weighted by atomic mass is 10.1. The van der Waals surface area contributed by atoms with Crippen LogP contribution in [0, 0.1) is 13.8 Å². The topological polar surface area (TPSA) is 123 Å². The molecule has 0 saturated heterocycles. The number of H-pyrrole nitrogens is 1. The molecule has 0 aliphatic carbocycles. The van der Waals surface area contributed by atoms with Gasteiger partial charge in [-0.25, -0.2) is 18.0 Å². The van der Waals surface area contributed by atoms with Gasteiger partial charge in [0, 0.05) is 12.2 Å². The highest BCUT2D eigenvalue weighted by Gasteiger charge is 2.25. The average Bonchev–Trinajstić information content (AvgIpc) is 3.16.